The topological polar surface area (TPSA) is 99.7 Å². The van der Waals surface area contributed by atoms with E-state index in [0.717, 1.165) is 31.7 Å². The van der Waals surface area contributed by atoms with Crippen molar-refractivity contribution in [3.63, 3.8) is 0 Å². The molecule has 9 heteroatoms. The third kappa shape index (κ3) is 4.25. The summed E-state index contributed by atoms with van der Waals surface area (Å²) in [6.07, 6.45) is 3.47. The number of piperazine rings is 1. The highest BCUT2D eigenvalue weighted by Crippen LogP contribution is 2.28. The van der Waals surface area contributed by atoms with Gasteiger partial charge in [0.2, 0.25) is 5.95 Å². The van der Waals surface area contributed by atoms with Crippen molar-refractivity contribution in [2.24, 2.45) is 0 Å². The molecule has 2 N–H and O–H groups in total. The van der Waals surface area contributed by atoms with Crippen LogP contribution in [0.2, 0.25) is 0 Å². The molecule has 0 spiro atoms. The lowest BCUT2D eigenvalue weighted by Gasteiger charge is -2.37. The number of urea groups is 1. The normalized spacial score (nSPS) is 19.8. The smallest absolute Gasteiger partial charge is 0.338 e. The molecule has 4 rings (SSSR count). The Morgan fingerprint density at radius 2 is 1.80 bits per heavy atom. The fourth-order valence-corrected chi connectivity index (χ4v) is 3.77. The maximum atomic E-state index is 12.6. The Kier molecular flexibility index (Phi) is 5.89. The molecule has 0 saturated carbocycles. The number of benzene rings is 1. The monoisotopic (exact) mass is 408 g/mol. The number of esters is 1. The average molecular weight is 408 g/mol. The SMILES string of the molecule is COC(=O)C1=C(CN2CCN(c3ncccn3)CC2)NC(=O)NC1c1ccccc1. The number of rotatable bonds is 5. The molecule has 1 fully saturated rings. The minimum absolute atomic E-state index is 0.331. The summed E-state index contributed by atoms with van der Waals surface area (Å²) in [5, 5.41) is 5.66. The predicted molar refractivity (Wildman–Crippen MR) is 111 cm³/mol. The van der Waals surface area contributed by atoms with Gasteiger partial charge in [0, 0.05) is 50.8 Å². The summed E-state index contributed by atoms with van der Waals surface area (Å²) < 4.78 is 5.04. The summed E-state index contributed by atoms with van der Waals surface area (Å²) in [4.78, 5) is 37.9. The fourth-order valence-electron chi connectivity index (χ4n) is 3.77. The molecular formula is C21H24N6O3. The molecule has 0 aliphatic carbocycles. The van der Waals surface area contributed by atoms with Gasteiger partial charge in [-0.05, 0) is 11.6 Å². The van der Waals surface area contributed by atoms with Crippen LogP contribution in [0.4, 0.5) is 10.7 Å². The van der Waals surface area contributed by atoms with Crippen LogP contribution in [0.5, 0.6) is 0 Å². The van der Waals surface area contributed by atoms with Gasteiger partial charge in [0.1, 0.15) is 0 Å². The lowest BCUT2D eigenvalue weighted by molar-refractivity contribution is -0.136. The number of aromatic nitrogens is 2. The van der Waals surface area contributed by atoms with E-state index in [4.69, 9.17) is 4.74 Å². The molecule has 2 aliphatic rings. The van der Waals surface area contributed by atoms with Gasteiger partial charge in [0.25, 0.3) is 0 Å². The number of carbonyl (C=O) groups is 2. The van der Waals surface area contributed by atoms with E-state index in [9.17, 15) is 9.59 Å². The minimum atomic E-state index is -0.554. The number of nitrogens with one attached hydrogen (secondary N) is 2. The molecule has 9 nitrogen and oxygen atoms in total. The second kappa shape index (κ2) is 8.91. The van der Waals surface area contributed by atoms with Crippen molar-refractivity contribution in [1.29, 1.82) is 0 Å². The van der Waals surface area contributed by atoms with Gasteiger partial charge in [0.05, 0.1) is 18.7 Å². The van der Waals surface area contributed by atoms with Crippen LogP contribution in [0.1, 0.15) is 11.6 Å². The molecule has 0 radical (unpaired) electrons. The molecule has 0 bridgehead atoms. The van der Waals surface area contributed by atoms with Gasteiger partial charge in [-0.25, -0.2) is 19.6 Å². The fraction of sp³-hybridized carbons (Fsp3) is 0.333. The minimum Gasteiger partial charge on any atom is -0.466 e. The zero-order valence-electron chi connectivity index (χ0n) is 16.7. The Bertz CT molecular complexity index is 926. The first kappa shape index (κ1) is 19.8. The van der Waals surface area contributed by atoms with Crippen molar-refractivity contribution in [3.8, 4) is 0 Å². The van der Waals surface area contributed by atoms with E-state index in [0.29, 0.717) is 23.8 Å². The summed E-state index contributed by atoms with van der Waals surface area (Å²) in [6.45, 7) is 3.49. The van der Waals surface area contributed by atoms with Gasteiger partial charge in [-0.2, -0.15) is 0 Å². The van der Waals surface area contributed by atoms with E-state index in [1.807, 2.05) is 30.3 Å². The van der Waals surface area contributed by atoms with Crippen LogP contribution in [-0.4, -0.2) is 66.7 Å². The second-order valence-electron chi connectivity index (χ2n) is 7.14. The highest BCUT2D eigenvalue weighted by Gasteiger charge is 2.34. The Hall–Kier alpha value is -3.46. The van der Waals surface area contributed by atoms with Gasteiger partial charge in [-0.15, -0.1) is 0 Å². The Balaban J connectivity index is 1.54. The highest BCUT2D eigenvalue weighted by molar-refractivity contribution is 5.95. The van der Waals surface area contributed by atoms with Crippen molar-refractivity contribution in [2.45, 2.75) is 6.04 Å². The van der Waals surface area contributed by atoms with Crippen molar-refractivity contribution in [1.82, 2.24) is 25.5 Å². The number of methoxy groups -OCH3 is 1. The molecule has 1 aromatic heterocycles. The molecule has 1 unspecified atom stereocenters. The molecule has 1 atom stereocenters. The molecule has 2 aromatic rings. The predicted octanol–water partition coefficient (Wildman–Crippen LogP) is 1.08. The van der Waals surface area contributed by atoms with Gasteiger partial charge in [-0.1, -0.05) is 30.3 Å². The number of anilines is 1. The van der Waals surface area contributed by atoms with Gasteiger partial charge in [-0.3, -0.25) is 4.90 Å². The molecule has 30 heavy (non-hydrogen) atoms. The van der Waals surface area contributed by atoms with Crippen LogP contribution in [-0.2, 0) is 9.53 Å². The molecular weight excluding hydrogens is 384 g/mol. The van der Waals surface area contributed by atoms with E-state index in [1.54, 1.807) is 18.5 Å². The van der Waals surface area contributed by atoms with Gasteiger partial charge < -0.3 is 20.3 Å². The van der Waals surface area contributed by atoms with Crippen molar-refractivity contribution < 1.29 is 14.3 Å². The first-order valence-electron chi connectivity index (χ1n) is 9.84. The number of ether oxygens (including phenoxy) is 1. The van der Waals surface area contributed by atoms with Crippen LogP contribution >= 0.6 is 0 Å². The van der Waals surface area contributed by atoms with E-state index >= 15 is 0 Å². The number of nitrogens with zero attached hydrogens (tertiary/aromatic N) is 4. The average Bonchev–Trinajstić information content (AvgIpc) is 2.80. The molecule has 1 saturated heterocycles. The zero-order chi connectivity index (χ0) is 20.9. The largest absolute Gasteiger partial charge is 0.466 e. The molecule has 2 amide bonds. The van der Waals surface area contributed by atoms with Crippen LogP contribution in [0.25, 0.3) is 0 Å². The first-order chi connectivity index (χ1) is 14.7. The molecule has 3 heterocycles. The van der Waals surface area contributed by atoms with E-state index < -0.39 is 12.0 Å². The summed E-state index contributed by atoms with van der Waals surface area (Å²) in [6, 6.07) is 10.3. The van der Waals surface area contributed by atoms with E-state index in [2.05, 4.69) is 30.4 Å². The van der Waals surface area contributed by atoms with Crippen molar-refractivity contribution in [3.05, 3.63) is 65.6 Å². The maximum Gasteiger partial charge on any atom is 0.338 e. The van der Waals surface area contributed by atoms with Crippen molar-refractivity contribution in [2.75, 3.05) is 44.7 Å². The quantitative estimate of drug-likeness (QED) is 0.714. The number of amides is 2. The van der Waals surface area contributed by atoms with Crippen molar-refractivity contribution >= 4 is 17.9 Å². The summed E-state index contributed by atoms with van der Waals surface area (Å²) in [5.41, 5.74) is 1.83. The van der Waals surface area contributed by atoms with E-state index in [-0.39, 0.29) is 6.03 Å². The summed E-state index contributed by atoms with van der Waals surface area (Å²) in [5.74, 6) is 0.258. The lowest BCUT2D eigenvalue weighted by atomic mass is 9.95. The second-order valence-corrected chi connectivity index (χ2v) is 7.14. The standard InChI is InChI=1S/C21H24N6O3/c1-30-19(28)17-16(24-21(29)25-18(17)15-6-3-2-4-7-15)14-26-10-12-27(13-11-26)20-22-8-5-9-23-20/h2-9,18H,10-14H2,1H3,(H2,24,25,29). The third-order valence-corrected chi connectivity index (χ3v) is 5.28. The zero-order valence-corrected chi connectivity index (χ0v) is 16.7. The first-order valence-corrected chi connectivity index (χ1v) is 9.84. The van der Waals surface area contributed by atoms with Crippen LogP contribution in [0.3, 0.4) is 0 Å². The Morgan fingerprint density at radius 3 is 2.47 bits per heavy atom. The number of hydrogen-bond acceptors (Lipinski definition) is 7. The Labute approximate surface area is 174 Å². The molecule has 1 aromatic carbocycles. The molecule has 2 aliphatic heterocycles. The Morgan fingerprint density at radius 1 is 1.10 bits per heavy atom. The van der Waals surface area contributed by atoms with Gasteiger partial charge in [0.15, 0.2) is 0 Å². The summed E-state index contributed by atoms with van der Waals surface area (Å²) >= 11 is 0. The van der Waals surface area contributed by atoms with Crippen LogP contribution in [0, 0.1) is 0 Å². The lowest BCUT2D eigenvalue weighted by Crippen LogP contribution is -2.52. The molecule has 156 valence electrons. The van der Waals surface area contributed by atoms with Crippen LogP contribution < -0.4 is 15.5 Å². The third-order valence-electron chi connectivity index (χ3n) is 5.28. The highest BCUT2D eigenvalue weighted by atomic mass is 16.5. The summed E-state index contributed by atoms with van der Waals surface area (Å²) in [7, 11) is 1.35. The van der Waals surface area contributed by atoms with Gasteiger partial charge >= 0.3 is 12.0 Å². The number of hydrogen-bond donors (Lipinski definition) is 2. The number of carbonyl (C=O) groups excluding carboxylic acids is 2. The van der Waals surface area contributed by atoms with E-state index in [1.165, 1.54) is 7.11 Å². The van der Waals surface area contributed by atoms with Crippen LogP contribution in [0.15, 0.2) is 60.1 Å². The maximum absolute atomic E-state index is 12.6.